The molecule has 2 nitrogen and oxygen atoms in total. The summed E-state index contributed by atoms with van der Waals surface area (Å²) in [6.07, 6.45) is 7.92. The predicted octanol–water partition coefficient (Wildman–Crippen LogP) is 5.78. The maximum absolute atomic E-state index is 13.1. The fraction of sp³-hybridized carbons (Fsp3) is 0.375. The second-order valence-corrected chi connectivity index (χ2v) is 7.74. The van der Waals surface area contributed by atoms with Crippen molar-refractivity contribution in [1.29, 1.82) is 0 Å². The zero-order chi connectivity index (χ0) is 19.3. The summed E-state index contributed by atoms with van der Waals surface area (Å²) in [5.41, 5.74) is 3.38. The van der Waals surface area contributed by atoms with Crippen LogP contribution in [0, 0.1) is 11.2 Å². The van der Waals surface area contributed by atoms with Gasteiger partial charge in [0.1, 0.15) is 17.3 Å². The van der Waals surface area contributed by atoms with Crippen LogP contribution < -0.4 is 0 Å². The Morgan fingerprint density at radius 3 is 2.59 bits per heavy atom. The molecule has 0 bridgehead atoms. The van der Waals surface area contributed by atoms with E-state index in [0.717, 1.165) is 37.7 Å². The molecule has 3 heteroatoms. The summed E-state index contributed by atoms with van der Waals surface area (Å²) in [5.74, 6) is 0.168. The van der Waals surface area contributed by atoms with Crippen molar-refractivity contribution in [2.75, 3.05) is 0 Å². The van der Waals surface area contributed by atoms with E-state index in [1.807, 2.05) is 18.2 Å². The van der Waals surface area contributed by atoms with Crippen LogP contribution in [0.4, 0.5) is 4.39 Å². The average molecular weight is 366 g/mol. The standard InChI is InChI=1S/C24H27FO2/c1-2-24(14-12-22(26)16-20-5-3-4-6-23(20)27)13-11-19(17-24)15-18-7-9-21(25)10-8-18/h3-11,27H,2,12-17H2,1H3. The Kier molecular flexibility index (Phi) is 6.10. The van der Waals surface area contributed by atoms with E-state index in [1.54, 1.807) is 18.2 Å². The maximum atomic E-state index is 13.1. The fourth-order valence-electron chi connectivity index (χ4n) is 3.99. The topological polar surface area (TPSA) is 37.3 Å². The molecular formula is C24H27FO2. The molecule has 0 aromatic heterocycles. The third-order valence-electron chi connectivity index (χ3n) is 5.83. The number of hydrogen-bond donors (Lipinski definition) is 1. The molecule has 0 saturated carbocycles. The number of ketones is 1. The highest BCUT2D eigenvalue weighted by atomic mass is 19.1. The second kappa shape index (κ2) is 8.51. The molecule has 1 aliphatic carbocycles. The normalized spacial score (nSPS) is 19.1. The van der Waals surface area contributed by atoms with Crippen molar-refractivity contribution >= 4 is 5.78 Å². The minimum absolute atomic E-state index is 0.157. The molecule has 0 heterocycles. The number of phenolic OH excluding ortho intramolecular Hbond substituents is 1. The van der Waals surface area contributed by atoms with Crippen molar-refractivity contribution in [3.05, 3.63) is 77.1 Å². The first-order chi connectivity index (χ1) is 13.0. The van der Waals surface area contributed by atoms with Gasteiger partial charge in [-0.15, -0.1) is 0 Å². The van der Waals surface area contributed by atoms with Crippen molar-refractivity contribution < 1.29 is 14.3 Å². The summed E-state index contributed by atoms with van der Waals surface area (Å²) in [6.45, 7) is 2.20. The molecule has 0 amide bonds. The van der Waals surface area contributed by atoms with Crippen molar-refractivity contribution in [3.63, 3.8) is 0 Å². The van der Waals surface area contributed by atoms with Gasteiger partial charge < -0.3 is 5.11 Å². The van der Waals surface area contributed by atoms with Crippen LogP contribution in [-0.2, 0) is 17.6 Å². The number of carbonyl (C=O) groups is 1. The van der Waals surface area contributed by atoms with Gasteiger partial charge >= 0.3 is 0 Å². The number of halogens is 1. The summed E-state index contributed by atoms with van der Waals surface area (Å²) < 4.78 is 13.1. The number of aromatic hydroxyl groups is 1. The van der Waals surface area contributed by atoms with Crippen LogP contribution in [0.2, 0.25) is 0 Å². The number of phenols is 1. The van der Waals surface area contributed by atoms with Crippen LogP contribution in [0.5, 0.6) is 5.75 Å². The van der Waals surface area contributed by atoms with E-state index < -0.39 is 0 Å². The van der Waals surface area contributed by atoms with Gasteiger partial charge in [-0.2, -0.15) is 0 Å². The Balaban J connectivity index is 1.53. The van der Waals surface area contributed by atoms with Gasteiger partial charge in [0.15, 0.2) is 0 Å². The molecule has 1 unspecified atom stereocenters. The first-order valence-electron chi connectivity index (χ1n) is 9.70. The van der Waals surface area contributed by atoms with Crippen molar-refractivity contribution in [2.24, 2.45) is 5.41 Å². The van der Waals surface area contributed by atoms with Gasteiger partial charge in [-0.25, -0.2) is 4.39 Å². The molecule has 0 aliphatic heterocycles. The molecule has 142 valence electrons. The zero-order valence-corrected chi connectivity index (χ0v) is 15.9. The highest BCUT2D eigenvalue weighted by molar-refractivity contribution is 5.81. The zero-order valence-electron chi connectivity index (χ0n) is 15.9. The molecule has 3 rings (SSSR count). The molecule has 1 N–H and O–H groups in total. The number of hydrogen-bond acceptors (Lipinski definition) is 2. The minimum atomic E-state index is -0.204. The van der Waals surface area contributed by atoms with E-state index in [9.17, 15) is 14.3 Å². The lowest BCUT2D eigenvalue weighted by Crippen LogP contribution is -2.19. The van der Waals surface area contributed by atoms with E-state index >= 15 is 0 Å². The summed E-state index contributed by atoms with van der Waals surface area (Å²) in [4.78, 5) is 12.4. The molecule has 0 spiro atoms. The summed E-state index contributed by atoms with van der Waals surface area (Å²) in [5, 5.41) is 9.84. The van der Waals surface area contributed by atoms with Gasteiger partial charge in [0, 0.05) is 18.4 Å². The van der Waals surface area contributed by atoms with Crippen molar-refractivity contribution in [1.82, 2.24) is 0 Å². The number of allylic oxidation sites excluding steroid dienone is 2. The van der Waals surface area contributed by atoms with Gasteiger partial charge in [0.2, 0.25) is 0 Å². The average Bonchev–Trinajstić information content (AvgIpc) is 3.07. The fourth-order valence-corrected chi connectivity index (χ4v) is 3.99. The Morgan fingerprint density at radius 2 is 1.89 bits per heavy atom. The lowest BCUT2D eigenvalue weighted by molar-refractivity contribution is -0.119. The largest absolute Gasteiger partial charge is 0.508 e. The molecule has 0 saturated heterocycles. The minimum Gasteiger partial charge on any atom is -0.508 e. The molecule has 1 atom stereocenters. The molecule has 0 fully saturated rings. The van der Waals surface area contributed by atoms with Crippen LogP contribution in [0.25, 0.3) is 0 Å². The predicted molar refractivity (Wildman–Crippen MR) is 106 cm³/mol. The van der Waals surface area contributed by atoms with Crippen LogP contribution in [0.1, 0.15) is 50.2 Å². The van der Waals surface area contributed by atoms with Gasteiger partial charge in [0.25, 0.3) is 0 Å². The molecule has 27 heavy (non-hydrogen) atoms. The highest BCUT2D eigenvalue weighted by Gasteiger charge is 2.33. The third-order valence-corrected chi connectivity index (χ3v) is 5.83. The van der Waals surface area contributed by atoms with Gasteiger partial charge in [0.05, 0.1) is 0 Å². The third kappa shape index (κ3) is 5.06. The van der Waals surface area contributed by atoms with E-state index in [-0.39, 0.29) is 22.8 Å². The maximum Gasteiger partial charge on any atom is 0.137 e. The second-order valence-electron chi connectivity index (χ2n) is 7.74. The van der Waals surface area contributed by atoms with Gasteiger partial charge in [-0.1, -0.05) is 48.9 Å². The SMILES string of the molecule is CCC1(CCC(=O)Cc2ccccc2O)CC=C(Cc2ccc(F)cc2)C1. The number of Topliss-reactive ketones (excluding diaryl/α,β-unsaturated/α-hetero) is 1. The smallest absolute Gasteiger partial charge is 0.137 e. The summed E-state index contributed by atoms with van der Waals surface area (Å²) in [7, 11) is 0. The summed E-state index contributed by atoms with van der Waals surface area (Å²) in [6, 6.07) is 13.8. The Morgan fingerprint density at radius 1 is 1.15 bits per heavy atom. The number of carbonyl (C=O) groups excluding carboxylic acids is 1. The molecule has 0 radical (unpaired) electrons. The molecule has 1 aliphatic rings. The highest BCUT2D eigenvalue weighted by Crippen LogP contribution is 2.45. The van der Waals surface area contributed by atoms with Crippen LogP contribution in [0.3, 0.4) is 0 Å². The van der Waals surface area contributed by atoms with E-state index in [0.29, 0.717) is 18.4 Å². The summed E-state index contributed by atoms with van der Waals surface area (Å²) >= 11 is 0. The molecular weight excluding hydrogens is 339 g/mol. The first kappa shape index (κ1) is 19.3. The van der Waals surface area contributed by atoms with Crippen molar-refractivity contribution in [2.45, 2.75) is 51.9 Å². The lowest BCUT2D eigenvalue weighted by Gasteiger charge is -2.28. The Labute approximate surface area is 160 Å². The van der Waals surface area contributed by atoms with Gasteiger partial charge in [-0.3, -0.25) is 4.79 Å². The monoisotopic (exact) mass is 366 g/mol. The van der Waals surface area contributed by atoms with Gasteiger partial charge in [-0.05, 0) is 61.3 Å². The molecule has 2 aromatic carbocycles. The lowest BCUT2D eigenvalue weighted by atomic mass is 9.76. The number of rotatable bonds is 8. The van der Waals surface area contributed by atoms with E-state index in [2.05, 4.69) is 13.0 Å². The van der Waals surface area contributed by atoms with E-state index in [1.165, 1.54) is 17.7 Å². The number of benzene rings is 2. The van der Waals surface area contributed by atoms with Crippen LogP contribution in [-0.4, -0.2) is 10.9 Å². The first-order valence-corrected chi connectivity index (χ1v) is 9.70. The quantitative estimate of drug-likeness (QED) is 0.601. The van der Waals surface area contributed by atoms with E-state index in [4.69, 9.17) is 0 Å². The Hall–Kier alpha value is -2.42. The van der Waals surface area contributed by atoms with Crippen LogP contribution in [0.15, 0.2) is 60.2 Å². The van der Waals surface area contributed by atoms with Crippen LogP contribution >= 0.6 is 0 Å². The van der Waals surface area contributed by atoms with Crippen molar-refractivity contribution in [3.8, 4) is 5.75 Å². The molecule has 2 aromatic rings. The number of para-hydroxylation sites is 1. The Bertz CT molecular complexity index is 823.